The molecule has 1 aliphatic heterocycles. The van der Waals surface area contributed by atoms with Crippen LogP contribution in [0.2, 0.25) is 0 Å². The van der Waals surface area contributed by atoms with Gasteiger partial charge in [-0.1, -0.05) is 57.5 Å². The molecule has 2 aromatic rings. The summed E-state index contributed by atoms with van der Waals surface area (Å²) in [5, 5.41) is 47.2. The van der Waals surface area contributed by atoms with E-state index in [4.69, 9.17) is 9.47 Å². The SMILES string of the molecule is CCCC=Cc1ccc(Cc2c(O[C@@H]3O[C@H](CO)[C@@H](O)[C@H](O)[C@H]3O)n[nH]c2C(C)C)c(C)c1. The summed E-state index contributed by atoms with van der Waals surface area (Å²) in [6, 6.07) is 6.33. The van der Waals surface area contributed by atoms with Crippen molar-refractivity contribution in [2.75, 3.05) is 6.61 Å². The monoisotopic (exact) mass is 460 g/mol. The van der Waals surface area contributed by atoms with Crippen LogP contribution in [0, 0.1) is 6.92 Å². The van der Waals surface area contributed by atoms with E-state index in [1.807, 2.05) is 13.8 Å². The molecule has 1 aromatic carbocycles. The highest BCUT2D eigenvalue weighted by Crippen LogP contribution is 2.32. The van der Waals surface area contributed by atoms with Gasteiger partial charge in [0.2, 0.25) is 12.2 Å². The molecular weight excluding hydrogens is 424 g/mol. The number of aromatic nitrogens is 2. The van der Waals surface area contributed by atoms with E-state index in [-0.39, 0.29) is 11.8 Å². The van der Waals surface area contributed by atoms with Crippen molar-refractivity contribution in [3.8, 4) is 5.88 Å². The summed E-state index contributed by atoms with van der Waals surface area (Å²) in [6.07, 6.45) is 0.248. The molecule has 1 aliphatic rings. The number of hydrogen-bond acceptors (Lipinski definition) is 7. The third-order valence-electron chi connectivity index (χ3n) is 6.01. The van der Waals surface area contributed by atoms with Gasteiger partial charge in [-0.3, -0.25) is 5.10 Å². The number of ether oxygens (including phenoxy) is 2. The quantitative estimate of drug-likeness (QED) is 0.389. The Hall–Kier alpha value is -2.23. The van der Waals surface area contributed by atoms with E-state index < -0.39 is 37.3 Å². The Morgan fingerprint density at radius 1 is 1.18 bits per heavy atom. The maximum absolute atomic E-state index is 10.4. The molecule has 5 N–H and O–H groups in total. The second kappa shape index (κ2) is 11.3. The largest absolute Gasteiger partial charge is 0.443 e. The number of rotatable bonds is 9. The molecule has 8 nitrogen and oxygen atoms in total. The minimum Gasteiger partial charge on any atom is -0.443 e. The fourth-order valence-corrected chi connectivity index (χ4v) is 3.98. The number of aromatic amines is 1. The van der Waals surface area contributed by atoms with Crippen LogP contribution in [0.15, 0.2) is 24.3 Å². The van der Waals surface area contributed by atoms with Crippen molar-refractivity contribution in [3.05, 3.63) is 52.2 Å². The van der Waals surface area contributed by atoms with Gasteiger partial charge < -0.3 is 29.9 Å². The Balaban J connectivity index is 1.85. The number of H-pyrrole nitrogens is 1. The summed E-state index contributed by atoms with van der Waals surface area (Å²) in [5.74, 6) is 0.408. The summed E-state index contributed by atoms with van der Waals surface area (Å²) in [5.41, 5.74) is 5.15. The van der Waals surface area contributed by atoms with Gasteiger partial charge in [-0.15, -0.1) is 5.10 Å². The lowest BCUT2D eigenvalue weighted by Gasteiger charge is -2.39. The highest BCUT2D eigenvalue weighted by atomic mass is 16.7. The molecule has 5 atom stereocenters. The van der Waals surface area contributed by atoms with Crippen LogP contribution in [0.4, 0.5) is 0 Å². The second-order valence-corrected chi connectivity index (χ2v) is 8.94. The lowest BCUT2D eigenvalue weighted by molar-refractivity contribution is -0.278. The van der Waals surface area contributed by atoms with Crippen LogP contribution < -0.4 is 4.74 Å². The summed E-state index contributed by atoms with van der Waals surface area (Å²) < 4.78 is 11.4. The van der Waals surface area contributed by atoms with Crippen LogP contribution in [0.5, 0.6) is 5.88 Å². The van der Waals surface area contributed by atoms with Crippen molar-refractivity contribution in [2.45, 2.75) is 83.6 Å². The first-order chi connectivity index (χ1) is 15.8. The van der Waals surface area contributed by atoms with Crippen LogP contribution in [-0.4, -0.2) is 67.9 Å². The molecule has 0 amide bonds. The van der Waals surface area contributed by atoms with Gasteiger partial charge in [-0.25, -0.2) is 0 Å². The average molecular weight is 461 g/mol. The molecule has 8 heteroatoms. The van der Waals surface area contributed by atoms with Gasteiger partial charge in [0.15, 0.2) is 0 Å². The number of aryl methyl sites for hydroxylation is 1. The standard InChI is InChI=1S/C25H36N2O6/c1-5-6-7-8-16-9-10-17(15(4)11-16)12-18-20(14(2)3)26-27-24(18)33-25-23(31)22(30)21(29)19(13-28)32-25/h7-11,14,19,21-23,25,28-31H,5-6,12-13H2,1-4H3,(H,26,27)/t19-,21-,22+,23-,25+/m1/s1. The van der Waals surface area contributed by atoms with E-state index >= 15 is 0 Å². The molecule has 0 saturated carbocycles. The van der Waals surface area contributed by atoms with Crippen molar-refractivity contribution in [3.63, 3.8) is 0 Å². The highest BCUT2D eigenvalue weighted by molar-refractivity contribution is 5.52. The van der Waals surface area contributed by atoms with E-state index in [0.717, 1.165) is 40.8 Å². The van der Waals surface area contributed by atoms with E-state index in [1.54, 1.807) is 0 Å². The lowest BCUT2D eigenvalue weighted by atomic mass is 9.95. The second-order valence-electron chi connectivity index (χ2n) is 8.94. The van der Waals surface area contributed by atoms with Gasteiger partial charge >= 0.3 is 0 Å². The topological polar surface area (TPSA) is 128 Å². The van der Waals surface area contributed by atoms with Crippen LogP contribution in [0.3, 0.4) is 0 Å². The van der Waals surface area contributed by atoms with E-state index in [9.17, 15) is 20.4 Å². The van der Waals surface area contributed by atoms with Gasteiger partial charge in [-0.2, -0.15) is 0 Å². The predicted molar refractivity (Wildman–Crippen MR) is 125 cm³/mol. The maximum Gasteiger partial charge on any atom is 0.238 e. The summed E-state index contributed by atoms with van der Waals surface area (Å²) in [7, 11) is 0. The number of nitrogens with zero attached hydrogens (tertiary/aromatic N) is 1. The normalized spacial score (nSPS) is 25.8. The molecule has 33 heavy (non-hydrogen) atoms. The smallest absolute Gasteiger partial charge is 0.238 e. The number of hydrogen-bond donors (Lipinski definition) is 5. The molecule has 1 fully saturated rings. The minimum atomic E-state index is -1.51. The van der Waals surface area contributed by atoms with Crippen molar-refractivity contribution < 1.29 is 29.9 Å². The Morgan fingerprint density at radius 2 is 1.94 bits per heavy atom. The van der Waals surface area contributed by atoms with Crippen LogP contribution in [0.25, 0.3) is 6.08 Å². The Labute approximate surface area is 194 Å². The molecule has 0 radical (unpaired) electrons. The maximum atomic E-state index is 10.4. The number of benzene rings is 1. The zero-order valence-electron chi connectivity index (χ0n) is 19.7. The van der Waals surface area contributed by atoms with Crippen molar-refractivity contribution in [2.24, 2.45) is 0 Å². The molecule has 0 spiro atoms. The summed E-state index contributed by atoms with van der Waals surface area (Å²) in [6.45, 7) is 7.79. The molecular formula is C25H36N2O6. The van der Waals surface area contributed by atoms with Gasteiger partial charge in [0, 0.05) is 17.7 Å². The zero-order valence-corrected chi connectivity index (χ0v) is 19.7. The Morgan fingerprint density at radius 3 is 2.58 bits per heavy atom. The van der Waals surface area contributed by atoms with E-state index in [1.165, 1.54) is 0 Å². The number of nitrogens with one attached hydrogen (secondary N) is 1. The molecule has 3 rings (SSSR count). The summed E-state index contributed by atoms with van der Waals surface area (Å²) >= 11 is 0. The molecule has 182 valence electrons. The third-order valence-corrected chi connectivity index (χ3v) is 6.01. The molecule has 1 aromatic heterocycles. The van der Waals surface area contributed by atoms with Gasteiger partial charge in [0.25, 0.3) is 0 Å². The van der Waals surface area contributed by atoms with Crippen LogP contribution in [-0.2, 0) is 11.2 Å². The van der Waals surface area contributed by atoms with Crippen molar-refractivity contribution in [1.29, 1.82) is 0 Å². The summed E-state index contributed by atoms with van der Waals surface area (Å²) in [4.78, 5) is 0. The first-order valence-electron chi connectivity index (χ1n) is 11.6. The predicted octanol–water partition coefficient (Wildman–Crippen LogP) is 2.42. The van der Waals surface area contributed by atoms with Gasteiger partial charge in [0.05, 0.1) is 6.61 Å². The van der Waals surface area contributed by atoms with E-state index in [2.05, 4.69) is 54.4 Å². The number of allylic oxidation sites excluding steroid dienone is 1. The molecule has 0 unspecified atom stereocenters. The Kier molecular flexibility index (Phi) is 8.67. The molecule has 0 aliphatic carbocycles. The van der Waals surface area contributed by atoms with Gasteiger partial charge in [0.1, 0.15) is 24.4 Å². The van der Waals surface area contributed by atoms with Crippen LogP contribution in [0.1, 0.15) is 67.5 Å². The number of aliphatic hydroxyl groups excluding tert-OH is 4. The average Bonchev–Trinajstić information content (AvgIpc) is 3.18. The highest BCUT2D eigenvalue weighted by Gasteiger charge is 2.45. The van der Waals surface area contributed by atoms with Crippen LogP contribution >= 0.6 is 0 Å². The first-order valence-corrected chi connectivity index (χ1v) is 11.6. The number of aliphatic hydroxyl groups is 4. The third kappa shape index (κ3) is 5.83. The fraction of sp³-hybridized carbons (Fsp3) is 0.560. The van der Waals surface area contributed by atoms with Gasteiger partial charge in [-0.05, 0) is 36.0 Å². The zero-order chi connectivity index (χ0) is 24.1. The number of unbranched alkanes of at least 4 members (excludes halogenated alkanes) is 1. The molecule has 2 heterocycles. The lowest BCUT2D eigenvalue weighted by Crippen LogP contribution is -2.60. The van der Waals surface area contributed by atoms with Crippen molar-refractivity contribution in [1.82, 2.24) is 10.2 Å². The fourth-order valence-electron chi connectivity index (χ4n) is 3.98. The molecule has 1 saturated heterocycles. The molecule has 0 bridgehead atoms. The minimum absolute atomic E-state index is 0.149. The van der Waals surface area contributed by atoms with E-state index in [0.29, 0.717) is 6.42 Å². The Bertz CT molecular complexity index is 939. The van der Waals surface area contributed by atoms with Crippen molar-refractivity contribution >= 4 is 6.08 Å². The first kappa shape index (κ1) is 25.4.